The predicted octanol–water partition coefficient (Wildman–Crippen LogP) is 2.24. The van der Waals surface area contributed by atoms with E-state index in [0.717, 1.165) is 17.2 Å². The van der Waals surface area contributed by atoms with Crippen molar-refractivity contribution in [2.45, 2.75) is 12.5 Å². The summed E-state index contributed by atoms with van der Waals surface area (Å²) in [6.45, 7) is 0. The fourth-order valence-corrected chi connectivity index (χ4v) is 2.03. The molecule has 0 amide bonds. The summed E-state index contributed by atoms with van der Waals surface area (Å²) in [6, 6.07) is 4.10. The van der Waals surface area contributed by atoms with Gasteiger partial charge in [0.05, 0.1) is 17.3 Å². The van der Waals surface area contributed by atoms with Crippen LogP contribution in [-0.4, -0.2) is 12.0 Å². The van der Waals surface area contributed by atoms with Crippen LogP contribution >= 0.6 is 11.3 Å². The fourth-order valence-electron chi connectivity index (χ4n) is 1.36. The summed E-state index contributed by atoms with van der Waals surface area (Å²) >= 11 is 1.67. The smallest absolute Gasteiger partial charge is 0.121 e. The van der Waals surface area contributed by atoms with Gasteiger partial charge in [-0.05, 0) is 19.2 Å². The molecule has 2 rings (SSSR count). The molecule has 2 aromatic rings. The standard InChI is InChI=1S/C10H12N2OS/c1-11-8(9-3-2-5-13-9)7-10-12-4-6-14-10/h2-6,8,11H,7H2,1H3. The van der Waals surface area contributed by atoms with E-state index in [9.17, 15) is 0 Å². The van der Waals surface area contributed by atoms with Crippen LogP contribution < -0.4 is 5.32 Å². The highest BCUT2D eigenvalue weighted by Crippen LogP contribution is 2.19. The highest BCUT2D eigenvalue weighted by Gasteiger charge is 2.13. The Hall–Kier alpha value is -1.13. The first kappa shape index (κ1) is 9.43. The fraction of sp³-hybridized carbons (Fsp3) is 0.300. The lowest BCUT2D eigenvalue weighted by Gasteiger charge is -2.11. The first-order valence-electron chi connectivity index (χ1n) is 4.49. The van der Waals surface area contributed by atoms with Crippen molar-refractivity contribution >= 4 is 11.3 Å². The van der Waals surface area contributed by atoms with Crippen LogP contribution in [0.4, 0.5) is 0 Å². The Bertz CT molecular complexity index is 355. The van der Waals surface area contributed by atoms with Crippen LogP contribution in [0.2, 0.25) is 0 Å². The van der Waals surface area contributed by atoms with Crippen LogP contribution in [0.3, 0.4) is 0 Å². The van der Waals surface area contributed by atoms with Crippen molar-refractivity contribution in [1.82, 2.24) is 10.3 Å². The summed E-state index contributed by atoms with van der Waals surface area (Å²) in [7, 11) is 1.93. The van der Waals surface area contributed by atoms with Gasteiger partial charge < -0.3 is 9.73 Å². The number of hydrogen-bond acceptors (Lipinski definition) is 4. The van der Waals surface area contributed by atoms with Gasteiger partial charge in [0, 0.05) is 18.0 Å². The molecule has 3 nitrogen and oxygen atoms in total. The summed E-state index contributed by atoms with van der Waals surface area (Å²) in [4.78, 5) is 4.25. The van der Waals surface area contributed by atoms with Gasteiger partial charge in [0.15, 0.2) is 0 Å². The quantitative estimate of drug-likeness (QED) is 0.837. The Morgan fingerprint density at radius 1 is 1.64 bits per heavy atom. The largest absolute Gasteiger partial charge is 0.468 e. The monoisotopic (exact) mass is 208 g/mol. The zero-order valence-electron chi connectivity index (χ0n) is 7.93. The van der Waals surface area contributed by atoms with Crippen LogP contribution in [0, 0.1) is 0 Å². The van der Waals surface area contributed by atoms with Crippen LogP contribution in [0.1, 0.15) is 16.8 Å². The van der Waals surface area contributed by atoms with Crippen molar-refractivity contribution in [3.63, 3.8) is 0 Å². The number of likely N-dealkylation sites (N-methyl/N-ethyl adjacent to an activating group) is 1. The normalized spacial score (nSPS) is 12.9. The molecule has 4 heteroatoms. The molecule has 2 aromatic heterocycles. The van der Waals surface area contributed by atoms with Gasteiger partial charge in [0.25, 0.3) is 0 Å². The molecule has 0 radical (unpaired) electrons. The second kappa shape index (κ2) is 4.39. The zero-order chi connectivity index (χ0) is 9.80. The number of nitrogens with one attached hydrogen (secondary N) is 1. The lowest BCUT2D eigenvalue weighted by atomic mass is 10.1. The summed E-state index contributed by atoms with van der Waals surface area (Å²) in [5.41, 5.74) is 0. The van der Waals surface area contributed by atoms with Gasteiger partial charge in [-0.1, -0.05) is 0 Å². The maximum absolute atomic E-state index is 5.35. The first-order chi connectivity index (χ1) is 6.90. The topological polar surface area (TPSA) is 38.1 Å². The van der Waals surface area contributed by atoms with E-state index in [-0.39, 0.29) is 6.04 Å². The van der Waals surface area contributed by atoms with E-state index < -0.39 is 0 Å². The van der Waals surface area contributed by atoms with E-state index >= 15 is 0 Å². The van der Waals surface area contributed by atoms with Crippen LogP contribution in [0.5, 0.6) is 0 Å². The summed E-state index contributed by atoms with van der Waals surface area (Å²) < 4.78 is 5.35. The number of rotatable bonds is 4. The highest BCUT2D eigenvalue weighted by atomic mass is 32.1. The van der Waals surface area contributed by atoms with E-state index in [1.165, 1.54) is 0 Å². The Labute approximate surface area is 86.8 Å². The van der Waals surface area contributed by atoms with Crippen molar-refractivity contribution < 1.29 is 4.42 Å². The second-order valence-corrected chi connectivity index (χ2v) is 3.97. The maximum atomic E-state index is 5.35. The van der Waals surface area contributed by atoms with E-state index in [1.54, 1.807) is 17.6 Å². The Morgan fingerprint density at radius 2 is 2.57 bits per heavy atom. The molecule has 2 heterocycles. The minimum atomic E-state index is 0.219. The summed E-state index contributed by atoms with van der Waals surface area (Å²) in [6.07, 6.45) is 4.40. The molecule has 0 aliphatic carbocycles. The molecule has 1 N–H and O–H groups in total. The Morgan fingerprint density at radius 3 is 3.14 bits per heavy atom. The zero-order valence-corrected chi connectivity index (χ0v) is 8.75. The highest BCUT2D eigenvalue weighted by molar-refractivity contribution is 7.09. The number of thiazole rings is 1. The average molecular weight is 208 g/mol. The lowest BCUT2D eigenvalue weighted by molar-refractivity contribution is 0.429. The minimum absolute atomic E-state index is 0.219. The molecule has 0 saturated heterocycles. The molecule has 14 heavy (non-hydrogen) atoms. The van der Waals surface area contributed by atoms with Gasteiger partial charge in [0.2, 0.25) is 0 Å². The molecule has 1 unspecified atom stereocenters. The molecule has 0 spiro atoms. The maximum Gasteiger partial charge on any atom is 0.121 e. The van der Waals surface area contributed by atoms with Gasteiger partial charge in [-0.2, -0.15) is 0 Å². The predicted molar refractivity (Wildman–Crippen MR) is 56.3 cm³/mol. The van der Waals surface area contributed by atoms with Crippen molar-refractivity contribution in [3.05, 3.63) is 40.7 Å². The van der Waals surface area contributed by atoms with Gasteiger partial charge >= 0.3 is 0 Å². The number of furan rings is 1. The van der Waals surface area contributed by atoms with Gasteiger partial charge in [-0.25, -0.2) is 4.98 Å². The summed E-state index contributed by atoms with van der Waals surface area (Å²) in [5.74, 6) is 0.961. The SMILES string of the molecule is CNC(Cc1nccs1)c1ccco1. The molecule has 74 valence electrons. The first-order valence-corrected chi connectivity index (χ1v) is 5.37. The molecule has 0 fully saturated rings. The van der Waals surface area contributed by atoms with Crippen LogP contribution in [-0.2, 0) is 6.42 Å². The van der Waals surface area contributed by atoms with Crippen molar-refractivity contribution in [3.8, 4) is 0 Å². The Kier molecular flexibility index (Phi) is 2.96. The van der Waals surface area contributed by atoms with Crippen molar-refractivity contribution in [1.29, 1.82) is 0 Å². The third-order valence-corrected chi connectivity index (χ3v) is 2.90. The minimum Gasteiger partial charge on any atom is -0.468 e. The van der Waals surface area contributed by atoms with Crippen LogP contribution in [0.25, 0.3) is 0 Å². The third kappa shape index (κ3) is 2.02. The van der Waals surface area contributed by atoms with E-state index in [0.29, 0.717) is 0 Å². The van der Waals surface area contributed by atoms with E-state index in [4.69, 9.17) is 4.42 Å². The van der Waals surface area contributed by atoms with Gasteiger partial charge in [0.1, 0.15) is 5.76 Å². The molecular formula is C10H12N2OS. The number of aromatic nitrogens is 1. The van der Waals surface area contributed by atoms with Crippen LogP contribution in [0.15, 0.2) is 34.4 Å². The molecular weight excluding hydrogens is 196 g/mol. The van der Waals surface area contributed by atoms with Crippen molar-refractivity contribution in [2.24, 2.45) is 0 Å². The third-order valence-electron chi connectivity index (χ3n) is 2.10. The molecule has 0 saturated carbocycles. The average Bonchev–Trinajstić information content (AvgIpc) is 2.86. The number of nitrogens with zero attached hydrogens (tertiary/aromatic N) is 1. The number of hydrogen-bond donors (Lipinski definition) is 1. The lowest BCUT2D eigenvalue weighted by Crippen LogP contribution is -2.18. The molecule has 0 aliphatic heterocycles. The summed E-state index contributed by atoms with van der Waals surface area (Å²) in [5, 5.41) is 6.33. The molecule has 0 aliphatic rings. The second-order valence-electron chi connectivity index (χ2n) is 2.99. The van der Waals surface area contributed by atoms with Crippen molar-refractivity contribution in [2.75, 3.05) is 7.05 Å². The molecule has 0 bridgehead atoms. The Balaban J connectivity index is 2.08. The van der Waals surface area contributed by atoms with E-state index in [2.05, 4.69) is 10.3 Å². The molecule has 1 atom stereocenters. The van der Waals surface area contributed by atoms with Gasteiger partial charge in [-0.15, -0.1) is 11.3 Å². The van der Waals surface area contributed by atoms with Gasteiger partial charge in [-0.3, -0.25) is 0 Å². The van der Waals surface area contributed by atoms with E-state index in [1.807, 2.05) is 30.8 Å². The molecule has 0 aromatic carbocycles.